The largest absolute Gasteiger partial charge is 0.501 e. The first-order valence-corrected chi connectivity index (χ1v) is 6.43. The zero-order valence-electron chi connectivity index (χ0n) is 10.8. The molecule has 1 fully saturated rings. The van der Waals surface area contributed by atoms with Crippen molar-refractivity contribution in [3.8, 4) is 5.75 Å². The number of nitrogens with zero attached hydrogens (tertiary/aromatic N) is 2. The molecule has 1 saturated carbocycles. The standard InChI is InChI=1S/C12H14ClN3O4/c1-15(8-2-3-8)6-11(17)14-9-4-7(13)5-10(12(9)18)16(19)20/h4-5,8,18H,2-3,6H2,1H3,(H,14,17). The predicted octanol–water partition coefficient (Wildman–Crippen LogP) is 1.99. The number of amides is 1. The normalized spacial score (nSPS) is 14.3. The first-order valence-electron chi connectivity index (χ1n) is 6.05. The number of benzene rings is 1. The van der Waals surface area contributed by atoms with Crippen LogP contribution in [0.4, 0.5) is 11.4 Å². The van der Waals surface area contributed by atoms with Gasteiger partial charge in [-0.1, -0.05) is 11.6 Å². The number of aromatic hydroxyl groups is 1. The third kappa shape index (κ3) is 3.37. The van der Waals surface area contributed by atoms with Crippen LogP contribution >= 0.6 is 11.6 Å². The van der Waals surface area contributed by atoms with Crippen LogP contribution in [0.2, 0.25) is 5.02 Å². The van der Waals surface area contributed by atoms with Gasteiger partial charge in [-0.2, -0.15) is 0 Å². The summed E-state index contributed by atoms with van der Waals surface area (Å²) in [6.07, 6.45) is 2.13. The fourth-order valence-corrected chi connectivity index (χ4v) is 2.09. The van der Waals surface area contributed by atoms with Crippen molar-refractivity contribution in [2.24, 2.45) is 0 Å². The quantitative estimate of drug-likeness (QED) is 0.492. The lowest BCUT2D eigenvalue weighted by Crippen LogP contribution is -2.31. The van der Waals surface area contributed by atoms with Gasteiger partial charge < -0.3 is 10.4 Å². The first-order chi connectivity index (χ1) is 9.38. The molecule has 1 aliphatic rings. The molecule has 2 rings (SSSR count). The molecule has 1 aromatic carbocycles. The van der Waals surface area contributed by atoms with E-state index >= 15 is 0 Å². The number of nitro groups is 1. The van der Waals surface area contributed by atoms with Gasteiger partial charge in [-0.05, 0) is 26.0 Å². The molecule has 0 spiro atoms. The molecule has 0 radical (unpaired) electrons. The Morgan fingerprint density at radius 3 is 2.80 bits per heavy atom. The van der Waals surface area contributed by atoms with Crippen LogP contribution in [0.5, 0.6) is 5.75 Å². The monoisotopic (exact) mass is 299 g/mol. The van der Waals surface area contributed by atoms with Crippen molar-refractivity contribution in [2.75, 3.05) is 18.9 Å². The molecular formula is C12H14ClN3O4. The molecule has 7 nitrogen and oxygen atoms in total. The maximum Gasteiger partial charge on any atom is 0.314 e. The maximum atomic E-state index is 11.8. The molecule has 0 saturated heterocycles. The van der Waals surface area contributed by atoms with E-state index in [0.717, 1.165) is 18.9 Å². The van der Waals surface area contributed by atoms with Crippen molar-refractivity contribution in [1.29, 1.82) is 0 Å². The summed E-state index contributed by atoms with van der Waals surface area (Å²) < 4.78 is 0. The average molecular weight is 300 g/mol. The summed E-state index contributed by atoms with van der Waals surface area (Å²) >= 11 is 5.74. The van der Waals surface area contributed by atoms with Crippen LogP contribution in [0.3, 0.4) is 0 Å². The molecule has 0 aliphatic heterocycles. The second-order valence-electron chi connectivity index (χ2n) is 4.77. The number of rotatable bonds is 5. The van der Waals surface area contributed by atoms with Crippen LogP contribution in [-0.2, 0) is 4.79 Å². The van der Waals surface area contributed by atoms with Gasteiger partial charge in [-0.3, -0.25) is 19.8 Å². The van der Waals surface area contributed by atoms with Gasteiger partial charge in [-0.25, -0.2) is 0 Å². The zero-order valence-corrected chi connectivity index (χ0v) is 11.6. The number of anilines is 1. The molecule has 20 heavy (non-hydrogen) atoms. The fourth-order valence-electron chi connectivity index (χ4n) is 1.88. The minimum atomic E-state index is -0.757. The van der Waals surface area contributed by atoms with Gasteiger partial charge in [0.2, 0.25) is 11.7 Å². The topological polar surface area (TPSA) is 95.7 Å². The highest BCUT2D eigenvalue weighted by Gasteiger charge is 2.27. The van der Waals surface area contributed by atoms with E-state index in [9.17, 15) is 20.0 Å². The summed E-state index contributed by atoms with van der Waals surface area (Å²) in [6, 6.07) is 2.73. The van der Waals surface area contributed by atoms with Gasteiger partial charge in [0.05, 0.1) is 17.2 Å². The molecule has 108 valence electrons. The SMILES string of the molecule is CN(CC(=O)Nc1cc(Cl)cc([N+](=O)[O-])c1O)C1CC1. The summed E-state index contributed by atoms with van der Waals surface area (Å²) in [4.78, 5) is 23.7. The predicted molar refractivity (Wildman–Crippen MR) is 74.1 cm³/mol. The van der Waals surface area contributed by atoms with Crippen molar-refractivity contribution in [2.45, 2.75) is 18.9 Å². The van der Waals surface area contributed by atoms with Gasteiger partial charge >= 0.3 is 5.69 Å². The number of nitro benzene ring substituents is 1. The van der Waals surface area contributed by atoms with Crippen LogP contribution in [-0.4, -0.2) is 40.5 Å². The molecule has 0 unspecified atom stereocenters. The number of phenols is 1. The van der Waals surface area contributed by atoms with Gasteiger partial charge in [0, 0.05) is 17.1 Å². The second kappa shape index (κ2) is 5.64. The maximum absolute atomic E-state index is 11.8. The molecule has 1 aromatic rings. The Labute approximate surface area is 120 Å². The molecule has 0 atom stereocenters. The van der Waals surface area contributed by atoms with E-state index in [0.29, 0.717) is 6.04 Å². The van der Waals surface area contributed by atoms with Gasteiger partial charge in [0.1, 0.15) is 0 Å². The summed E-state index contributed by atoms with van der Waals surface area (Å²) in [5, 5.41) is 23.0. The van der Waals surface area contributed by atoms with Crippen LogP contribution in [0.25, 0.3) is 0 Å². The molecule has 1 aliphatic carbocycles. The number of hydrogen-bond acceptors (Lipinski definition) is 5. The third-order valence-electron chi connectivity index (χ3n) is 3.09. The van der Waals surface area contributed by atoms with Crippen LogP contribution < -0.4 is 5.32 Å². The smallest absolute Gasteiger partial charge is 0.314 e. The van der Waals surface area contributed by atoms with Crippen molar-refractivity contribution in [1.82, 2.24) is 4.90 Å². The molecule has 0 bridgehead atoms. The Morgan fingerprint density at radius 2 is 2.25 bits per heavy atom. The minimum Gasteiger partial charge on any atom is -0.501 e. The van der Waals surface area contributed by atoms with Gasteiger partial charge in [-0.15, -0.1) is 0 Å². The number of phenolic OH excluding ortho intramolecular Hbond substituents is 1. The lowest BCUT2D eigenvalue weighted by molar-refractivity contribution is -0.385. The molecule has 2 N–H and O–H groups in total. The fraction of sp³-hybridized carbons (Fsp3) is 0.417. The van der Waals surface area contributed by atoms with Gasteiger partial charge in [0.25, 0.3) is 0 Å². The highest BCUT2D eigenvalue weighted by molar-refractivity contribution is 6.31. The van der Waals surface area contributed by atoms with E-state index in [1.807, 2.05) is 11.9 Å². The highest BCUT2D eigenvalue weighted by Crippen LogP contribution is 2.37. The van der Waals surface area contributed by atoms with Crippen molar-refractivity contribution in [3.63, 3.8) is 0 Å². The van der Waals surface area contributed by atoms with E-state index in [1.165, 1.54) is 6.07 Å². The molecule has 1 amide bonds. The van der Waals surface area contributed by atoms with Crippen LogP contribution in [0.1, 0.15) is 12.8 Å². The summed E-state index contributed by atoms with van der Waals surface area (Å²) in [5.41, 5.74) is -0.596. The van der Waals surface area contributed by atoms with Crippen LogP contribution in [0.15, 0.2) is 12.1 Å². The van der Waals surface area contributed by atoms with E-state index in [1.54, 1.807) is 0 Å². The molecule has 0 heterocycles. The number of carbonyl (C=O) groups excluding carboxylic acids is 1. The second-order valence-corrected chi connectivity index (χ2v) is 5.21. The van der Waals surface area contributed by atoms with Gasteiger partial charge in [0.15, 0.2) is 0 Å². The Hall–Kier alpha value is -1.86. The summed E-state index contributed by atoms with van der Waals surface area (Å²) in [7, 11) is 1.83. The van der Waals surface area contributed by atoms with Crippen molar-refractivity contribution in [3.05, 3.63) is 27.3 Å². The minimum absolute atomic E-state index is 0.0570. The summed E-state index contributed by atoms with van der Waals surface area (Å²) in [6.45, 7) is 0.157. The summed E-state index contributed by atoms with van der Waals surface area (Å²) in [5.74, 6) is -0.951. The zero-order chi connectivity index (χ0) is 14.9. The Kier molecular flexibility index (Phi) is 4.10. The lowest BCUT2D eigenvalue weighted by Gasteiger charge is -2.15. The number of likely N-dealkylation sites (N-methyl/N-ethyl adjacent to an activating group) is 1. The van der Waals surface area contributed by atoms with Crippen molar-refractivity contribution >= 4 is 28.9 Å². The van der Waals surface area contributed by atoms with Crippen LogP contribution in [0, 0.1) is 10.1 Å². The lowest BCUT2D eigenvalue weighted by atomic mass is 10.2. The molecule has 8 heteroatoms. The number of carbonyl (C=O) groups is 1. The van der Waals surface area contributed by atoms with E-state index < -0.39 is 16.4 Å². The van der Waals surface area contributed by atoms with E-state index in [4.69, 9.17) is 11.6 Å². The third-order valence-corrected chi connectivity index (χ3v) is 3.31. The number of hydrogen-bond donors (Lipinski definition) is 2. The molecular weight excluding hydrogens is 286 g/mol. The average Bonchev–Trinajstić information content (AvgIpc) is 3.16. The first kappa shape index (κ1) is 14.5. The number of halogens is 1. The van der Waals surface area contributed by atoms with E-state index in [2.05, 4.69) is 5.32 Å². The highest BCUT2D eigenvalue weighted by atomic mass is 35.5. The Bertz CT molecular complexity index is 560. The molecule has 0 aromatic heterocycles. The Balaban J connectivity index is 2.11. The Morgan fingerprint density at radius 1 is 1.60 bits per heavy atom. The van der Waals surface area contributed by atoms with Crippen molar-refractivity contribution < 1.29 is 14.8 Å². The number of nitrogens with one attached hydrogen (secondary N) is 1. The van der Waals surface area contributed by atoms with E-state index in [-0.39, 0.29) is 23.2 Å².